The first-order chi connectivity index (χ1) is 12.1. The number of hydrogen-bond acceptors (Lipinski definition) is 3. The van der Waals surface area contributed by atoms with Gasteiger partial charge in [-0.25, -0.2) is 0 Å². The molecule has 1 heterocycles. The minimum Gasteiger partial charge on any atom is -0.352 e. The molecule has 2 N–H and O–H groups in total. The number of carbonyl (C=O) groups excluding carboxylic acids is 2. The Labute approximate surface area is 151 Å². The first-order valence-corrected chi connectivity index (χ1v) is 8.71. The summed E-state index contributed by atoms with van der Waals surface area (Å²) < 4.78 is 0. The number of amides is 2. The van der Waals surface area contributed by atoms with Crippen molar-refractivity contribution in [2.24, 2.45) is 0 Å². The lowest BCUT2D eigenvalue weighted by Gasteiger charge is -2.17. The van der Waals surface area contributed by atoms with Gasteiger partial charge in [0.15, 0.2) is 0 Å². The molecule has 6 heteroatoms. The number of pyridine rings is 1. The number of benzene rings is 1. The molecule has 0 aliphatic heterocycles. The average molecular weight is 358 g/mol. The van der Waals surface area contributed by atoms with E-state index in [-0.39, 0.29) is 24.4 Å². The summed E-state index contributed by atoms with van der Waals surface area (Å²) in [6, 6.07) is 11.3. The molecule has 0 bridgehead atoms. The molecule has 130 valence electrons. The highest BCUT2D eigenvalue weighted by molar-refractivity contribution is 6.30. The minimum absolute atomic E-state index is 0.00420. The molecule has 1 aromatic heterocycles. The summed E-state index contributed by atoms with van der Waals surface area (Å²) in [5.74, 6) is -0.715. The third-order valence-electron chi connectivity index (χ3n) is 4.14. The number of rotatable bonds is 7. The maximum atomic E-state index is 12.7. The van der Waals surface area contributed by atoms with Crippen molar-refractivity contribution in [3.63, 3.8) is 0 Å². The van der Waals surface area contributed by atoms with E-state index in [2.05, 4.69) is 15.6 Å². The quantitative estimate of drug-likeness (QED) is 0.799. The molecule has 2 amide bonds. The predicted octanol–water partition coefficient (Wildman–Crippen LogP) is 2.46. The number of hydrogen-bond donors (Lipinski definition) is 2. The van der Waals surface area contributed by atoms with E-state index in [0.717, 1.165) is 24.0 Å². The van der Waals surface area contributed by atoms with E-state index >= 15 is 0 Å². The molecule has 1 aromatic carbocycles. The van der Waals surface area contributed by atoms with Crippen molar-refractivity contribution < 1.29 is 9.59 Å². The van der Waals surface area contributed by atoms with Crippen LogP contribution in [0.25, 0.3) is 0 Å². The van der Waals surface area contributed by atoms with Gasteiger partial charge in [0.05, 0.1) is 12.5 Å². The summed E-state index contributed by atoms with van der Waals surface area (Å²) in [4.78, 5) is 28.5. The van der Waals surface area contributed by atoms with Gasteiger partial charge >= 0.3 is 0 Å². The Kier molecular flexibility index (Phi) is 5.66. The van der Waals surface area contributed by atoms with Gasteiger partial charge in [0.1, 0.15) is 0 Å². The number of halogens is 1. The van der Waals surface area contributed by atoms with Crippen molar-refractivity contribution in [2.75, 3.05) is 6.54 Å². The van der Waals surface area contributed by atoms with E-state index < -0.39 is 5.92 Å². The molecule has 0 saturated heterocycles. The average Bonchev–Trinajstić information content (AvgIpc) is 3.43. The van der Waals surface area contributed by atoms with Gasteiger partial charge in [0.2, 0.25) is 11.8 Å². The van der Waals surface area contributed by atoms with Crippen LogP contribution >= 0.6 is 11.6 Å². The van der Waals surface area contributed by atoms with Crippen LogP contribution < -0.4 is 10.6 Å². The monoisotopic (exact) mass is 357 g/mol. The van der Waals surface area contributed by atoms with Crippen LogP contribution in [0.1, 0.15) is 29.9 Å². The smallest absolute Gasteiger partial charge is 0.239 e. The summed E-state index contributed by atoms with van der Waals surface area (Å²) >= 11 is 5.95. The first-order valence-electron chi connectivity index (χ1n) is 8.33. The second-order valence-corrected chi connectivity index (χ2v) is 6.66. The zero-order valence-corrected chi connectivity index (χ0v) is 14.5. The van der Waals surface area contributed by atoms with Crippen LogP contribution in [0.4, 0.5) is 0 Å². The van der Waals surface area contributed by atoms with Gasteiger partial charge in [-0.15, -0.1) is 0 Å². The molecule has 1 aliphatic carbocycles. The topological polar surface area (TPSA) is 71.1 Å². The maximum absolute atomic E-state index is 12.7. The minimum atomic E-state index is -0.395. The van der Waals surface area contributed by atoms with E-state index in [1.54, 1.807) is 24.5 Å². The lowest BCUT2D eigenvalue weighted by Crippen LogP contribution is -2.40. The largest absolute Gasteiger partial charge is 0.352 e. The fourth-order valence-corrected chi connectivity index (χ4v) is 2.73. The Bertz CT molecular complexity index is 730. The third kappa shape index (κ3) is 5.29. The summed E-state index contributed by atoms with van der Waals surface area (Å²) in [6.07, 6.45) is 5.98. The van der Waals surface area contributed by atoms with Gasteiger partial charge in [-0.05, 0) is 54.7 Å². The molecule has 0 radical (unpaired) electrons. The molecule has 1 atom stereocenters. The SMILES string of the molecule is O=C(CNC(=O)C(Cc1ccncc1)c1ccc(Cl)cc1)NC1CC1. The van der Waals surface area contributed by atoms with Crippen LogP contribution in [-0.2, 0) is 16.0 Å². The van der Waals surface area contributed by atoms with Crippen LogP contribution in [0, 0.1) is 0 Å². The molecule has 5 nitrogen and oxygen atoms in total. The van der Waals surface area contributed by atoms with Crippen molar-refractivity contribution in [2.45, 2.75) is 31.2 Å². The van der Waals surface area contributed by atoms with Gasteiger partial charge in [0.25, 0.3) is 0 Å². The van der Waals surface area contributed by atoms with Crippen LogP contribution in [0.2, 0.25) is 5.02 Å². The van der Waals surface area contributed by atoms with Gasteiger partial charge in [-0.3, -0.25) is 14.6 Å². The van der Waals surface area contributed by atoms with Crippen LogP contribution in [-0.4, -0.2) is 29.4 Å². The standard InChI is InChI=1S/C19H20ClN3O2/c20-15-3-1-14(2-4-15)17(11-13-7-9-21-10-8-13)19(25)22-12-18(24)23-16-5-6-16/h1-4,7-10,16-17H,5-6,11-12H2,(H,22,25)(H,23,24). The van der Waals surface area contributed by atoms with Gasteiger partial charge < -0.3 is 10.6 Å². The van der Waals surface area contributed by atoms with Crippen molar-refractivity contribution in [3.8, 4) is 0 Å². The molecule has 3 rings (SSSR count). The van der Waals surface area contributed by atoms with E-state index in [9.17, 15) is 9.59 Å². The van der Waals surface area contributed by atoms with E-state index in [4.69, 9.17) is 11.6 Å². The first kappa shape index (κ1) is 17.4. The van der Waals surface area contributed by atoms with Crippen molar-refractivity contribution in [1.82, 2.24) is 15.6 Å². The Hall–Kier alpha value is -2.40. The molecular weight excluding hydrogens is 338 g/mol. The van der Waals surface area contributed by atoms with Gasteiger partial charge in [-0.1, -0.05) is 23.7 Å². The number of carbonyl (C=O) groups is 2. The molecule has 2 aromatic rings. The Morgan fingerprint density at radius 3 is 2.44 bits per heavy atom. The highest BCUT2D eigenvalue weighted by Crippen LogP contribution is 2.23. The Morgan fingerprint density at radius 2 is 1.80 bits per heavy atom. The van der Waals surface area contributed by atoms with E-state index in [0.29, 0.717) is 11.4 Å². The third-order valence-corrected chi connectivity index (χ3v) is 4.40. The van der Waals surface area contributed by atoms with E-state index in [1.807, 2.05) is 24.3 Å². The molecular formula is C19H20ClN3O2. The van der Waals surface area contributed by atoms with Gasteiger partial charge in [-0.2, -0.15) is 0 Å². The van der Waals surface area contributed by atoms with Crippen LogP contribution in [0.5, 0.6) is 0 Å². The van der Waals surface area contributed by atoms with Crippen molar-refractivity contribution in [3.05, 3.63) is 64.9 Å². The zero-order valence-electron chi connectivity index (χ0n) is 13.7. The summed E-state index contributed by atoms with van der Waals surface area (Å²) in [5.41, 5.74) is 1.87. The van der Waals surface area contributed by atoms with Crippen LogP contribution in [0.3, 0.4) is 0 Å². The number of nitrogens with one attached hydrogen (secondary N) is 2. The second kappa shape index (κ2) is 8.12. The van der Waals surface area contributed by atoms with Crippen LogP contribution in [0.15, 0.2) is 48.8 Å². The fourth-order valence-electron chi connectivity index (χ4n) is 2.61. The molecule has 0 spiro atoms. The molecule has 25 heavy (non-hydrogen) atoms. The molecule has 1 aliphatic rings. The normalized spacial score (nSPS) is 14.6. The highest BCUT2D eigenvalue weighted by atomic mass is 35.5. The van der Waals surface area contributed by atoms with Crippen molar-refractivity contribution in [1.29, 1.82) is 0 Å². The molecule has 1 unspecified atom stereocenters. The number of nitrogens with zero attached hydrogens (tertiary/aromatic N) is 1. The lowest BCUT2D eigenvalue weighted by atomic mass is 9.91. The lowest BCUT2D eigenvalue weighted by molar-refractivity contribution is -0.127. The predicted molar refractivity (Wildman–Crippen MR) is 96.3 cm³/mol. The zero-order chi connectivity index (χ0) is 17.6. The Balaban J connectivity index is 1.69. The summed E-state index contributed by atoms with van der Waals surface area (Å²) in [7, 11) is 0. The van der Waals surface area contributed by atoms with E-state index in [1.165, 1.54) is 0 Å². The molecule has 1 saturated carbocycles. The maximum Gasteiger partial charge on any atom is 0.239 e. The highest BCUT2D eigenvalue weighted by Gasteiger charge is 2.25. The second-order valence-electron chi connectivity index (χ2n) is 6.22. The number of aromatic nitrogens is 1. The Morgan fingerprint density at radius 1 is 1.12 bits per heavy atom. The summed E-state index contributed by atoms with van der Waals surface area (Å²) in [6.45, 7) is -0.00420. The van der Waals surface area contributed by atoms with Gasteiger partial charge in [0, 0.05) is 23.5 Å². The molecule has 1 fully saturated rings. The fraction of sp³-hybridized carbons (Fsp3) is 0.316. The van der Waals surface area contributed by atoms with Crippen molar-refractivity contribution >= 4 is 23.4 Å². The summed E-state index contributed by atoms with van der Waals surface area (Å²) in [5, 5.41) is 6.24.